The Morgan fingerprint density at radius 1 is 1.10 bits per heavy atom. The molecule has 0 bridgehead atoms. The van der Waals surface area contributed by atoms with Crippen LogP contribution in [0, 0.1) is 5.82 Å². The molecule has 1 N–H and O–H groups in total. The van der Waals surface area contributed by atoms with E-state index in [-0.39, 0.29) is 29.7 Å². The van der Waals surface area contributed by atoms with Gasteiger partial charge < -0.3 is 14.6 Å². The third-order valence-electron chi connectivity index (χ3n) is 4.92. The molecular formula is C22H20FN3O3. The van der Waals surface area contributed by atoms with Crippen LogP contribution in [0.15, 0.2) is 59.3 Å². The Morgan fingerprint density at radius 3 is 2.69 bits per heavy atom. The Kier molecular flexibility index (Phi) is 5.37. The quantitative estimate of drug-likeness (QED) is 0.718. The van der Waals surface area contributed by atoms with Gasteiger partial charge in [-0.05, 0) is 36.6 Å². The molecule has 29 heavy (non-hydrogen) atoms. The standard InChI is InChI=1S/C22H20FN3O3/c23-16-7-5-6-15(12-16)13-24-21(27)19-20(29-14-25-19)17-8-1-2-9-18(17)22(28)26-10-3-4-11-26/h1-2,5-9,12,14H,3-4,10-11,13H2,(H,24,27). The maximum absolute atomic E-state index is 13.3. The molecule has 0 aliphatic carbocycles. The van der Waals surface area contributed by atoms with Crippen LogP contribution in [0.1, 0.15) is 39.3 Å². The van der Waals surface area contributed by atoms with Crippen LogP contribution in [0.3, 0.4) is 0 Å². The first-order valence-electron chi connectivity index (χ1n) is 9.48. The van der Waals surface area contributed by atoms with Crippen LogP contribution in [-0.4, -0.2) is 34.8 Å². The molecule has 1 fully saturated rings. The zero-order valence-corrected chi connectivity index (χ0v) is 15.7. The Labute approximate surface area is 167 Å². The van der Waals surface area contributed by atoms with Gasteiger partial charge in [0, 0.05) is 25.2 Å². The van der Waals surface area contributed by atoms with Crippen LogP contribution >= 0.6 is 0 Å². The molecule has 148 valence electrons. The summed E-state index contributed by atoms with van der Waals surface area (Å²) in [5.74, 6) is -0.667. The molecule has 2 aromatic carbocycles. The summed E-state index contributed by atoms with van der Waals surface area (Å²) in [7, 11) is 0. The topological polar surface area (TPSA) is 75.4 Å². The van der Waals surface area contributed by atoms with Gasteiger partial charge in [0.25, 0.3) is 11.8 Å². The smallest absolute Gasteiger partial charge is 0.274 e. The van der Waals surface area contributed by atoms with Crippen LogP contribution in [0.2, 0.25) is 0 Å². The van der Waals surface area contributed by atoms with E-state index in [9.17, 15) is 14.0 Å². The molecule has 7 heteroatoms. The number of nitrogens with zero attached hydrogens (tertiary/aromatic N) is 2. The number of carbonyl (C=O) groups is 2. The number of halogens is 1. The molecule has 3 aromatic rings. The highest BCUT2D eigenvalue weighted by Gasteiger charge is 2.26. The lowest BCUT2D eigenvalue weighted by Crippen LogP contribution is -2.28. The average Bonchev–Trinajstić information content (AvgIpc) is 3.43. The summed E-state index contributed by atoms with van der Waals surface area (Å²) in [6, 6.07) is 13.0. The molecule has 2 amide bonds. The summed E-state index contributed by atoms with van der Waals surface area (Å²) in [6.45, 7) is 1.60. The predicted molar refractivity (Wildman–Crippen MR) is 105 cm³/mol. The SMILES string of the molecule is O=C(NCc1cccc(F)c1)c1ncoc1-c1ccccc1C(=O)N1CCCC1. The Balaban J connectivity index is 1.58. The minimum Gasteiger partial charge on any atom is -0.443 e. The van der Waals surface area contributed by atoms with Crippen molar-refractivity contribution in [3.8, 4) is 11.3 Å². The van der Waals surface area contributed by atoms with Gasteiger partial charge in [-0.2, -0.15) is 0 Å². The molecule has 4 rings (SSSR count). The zero-order chi connectivity index (χ0) is 20.2. The van der Waals surface area contributed by atoms with E-state index < -0.39 is 5.91 Å². The number of hydrogen-bond donors (Lipinski definition) is 1. The van der Waals surface area contributed by atoms with Crippen molar-refractivity contribution < 1.29 is 18.4 Å². The fourth-order valence-corrected chi connectivity index (χ4v) is 3.47. The molecular weight excluding hydrogens is 373 g/mol. The van der Waals surface area contributed by atoms with Gasteiger partial charge in [0.2, 0.25) is 0 Å². The first-order chi connectivity index (χ1) is 14.1. The van der Waals surface area contributed by atoms with Crippen LogP contribution in [0.25, 0.3) is 11.3 Å². The number of carbonyl (C=O) groups excluding carboxylic acids is 2. The number of aromatic nitrogens is 1. The summed E-state index contributed by atoms with van der Waals surface area (Å²) < 4.78 is 18.8. The fourth-order valence-electron chi connectivity index (χ4n) is 3.47. The van der Waals surface area contributed by atoms with Crippen LogP contribution in [0.4, 0.5) is 4.39 Å². The van der Waals surface area contributed by atoms with Crippen molar-refractivity contribution in [1.82, 2.24) is 15.2 Å². The first kappa shape index (κ1) is 18.9. The van der Waals surface area contributed by atoms with E-state index >= 15 is 0 Å². The number of rotatable bonds is 5. The average molecular weight is 393 g/mol. The van der Waals surface area contributed by atoms with Gasteiger partial charge in [0.1, 0.15) is 5.82 Å². The van der Waals surface area contributed by atoms with Gasteiger partial charge >= 0.3 is 0 Å². The van der Waals surface area contributed by atoms with Gasteiger partial charge in [-0.25, -0.2) is 9.37 Å². The van der Waals surface area contributed by atoms with Gasteiger partial charge in [-0.3, -0.25) is 9.59 Å². The van der Waals surface area contributed by atoms with E-state index in [2.05, 4.69) is 10.3 Å². The van der Waals surface area contributed by atoms with Gasteiger partial charge in [-0.1, -0.05) is 30.3 Å². The summed E-state index contributed by atoms with van der Waals surface area (Å²) in [4.78, 5) is 31.4. The van der Waals surface area contributed by atoms with E-state index in [0.29, 0.717) is 16.7 Å². The second-order valence-electron chi connectivity index (χ2n) is 6.89. The fraction of sp³-hybridized carbons (Fsp3) is 0.227. The number of amides is 2. The number of hydrogen-bond acceptors (Lipinski definition) is 4. The number of nitrogens with one attached hydrogen (secondary N) is 1. The number of benzene rings is 2. The van der Waals surface area contributed by atoms with E-state index in [0.717, 1.165) is 25.9 Å². The maximum atomic E-state index is 13.3. The van der Waals surface area contributed by atoms with Crippen molar-refractivity contribution in [1.29, 1.82) is 0 Å². The Bertz CT molecular complexity index is 1040. The highest BCUT2D eigenvalue weighted by Crippen LogP contribution is 2.28. The largest absolute Gasteiger partial charge is 0.443 e. The third kappa shape index (κ3) is 4.03. The normalized spacial score (nSPS) is 13.5. The van der Waals surface area contributed by atoms with E-state index in [1.807, 2.05) is 0 Å². The van der Waals surface area contributed by atoms with Crippen molar-refractivity contribution in [3.63, 3.8) is 0 Å². The van der Waals surface area contributed by atoms with Crippen molar-refractivity contribution in [3.05, 3.63) is 77.6 Å². The third-order valence-corrected chi connectivity index (χ3v) is 4.92. The lowest BCUT2D eigenvalue weighted by molar-refractivity contribution is 0.0792. The van der Waals surface area contributed by atoms with Crippen molar-refractivity contribution in [2.24, 2.45) is 0 Å². The van der Waals surface area contributed by atoms with Gasteiger partial charge in [0.15, 0.2) is 17.8 Å². The minimum absolute atomic E-state index is 0.0828. The molecule has 2 heterocycles. The minimum atomic E-state index is -0.457. The number of likely N-dealkylation sites (tertiary alicyclic amines) is 1. The molecule has 1 saturated heterocycles. The molecule has 0 unspecified atom stereocenters. The van der Waals surface area contributed by atoms with E-state index in [1.165, 1.54) is 18.5 Å². The Hall–Kier alpha value is -3.48. The summed E-state index contributed by atoms with van der Waals surface area (Å²) in [5.41, 5.74) is 1.72. The molecule has 1 aliphatic heterocycles. The molecule has 0 saturated carbocycles. The number of oxazole rings is 1. The molecule has 1 aliphatic rings. The predicted octanol–water partition coefficient (Wildman–Crippen LogP) is 3.65. The summed E-state index contributed by atoms with van der Waals surface area (Å²) in [6.07, 6.45) is 3.16. The Morgan fingerprint density at radius 2 is 1.90 bits per heavy atom. The maximum Gasteiger partial charge on any atom is 0.274 e. The van der Waals surface area contributed by atoms with Gasteiger partial charge in [-0.15, -0.1) is 0 Å². The first-order valence-corrected chi connectivity index (χ1v) is 9.48. The second-order valence-corrected chi connectivity index (χ2v) is 6.89. The monoisotopic (exact) mass is 393 g/mol. The van der Waals surface area contributed by atoms with Crippen LogP contribution < -0.4 is 5.32 Å². The van der Waals surface area contributed by atoms with E-state index in [4.69, 9.17) is 4.42 Å². The second kappa shape index (κ2) is 8.26. The highest BCUT2D eigenvalue weighted by atomic mass is 19.1. The summed E-state index contributed by atoms with van der Waals surface area (Å²) >= 11 is 0. The lowest BCUT2D eigenvalue weighted by Gasteiger charge is -2.17. The molecule has 0 atom stereocenters. The molecule has 6 nitrogen and oxygen atoms in total. The molecule has 0 radical (unpaired) electrons. The van der Waals surface area contributed by atoms with Gasteiger partial charge in [0.05, 0.1) is 5.56 Å². The van der Waals surface area contributed by atoms with Crippen LogP contribution in [-0.2, 0) is 6.54 Å². The van der Waals surface area contributed by atoms with Crippen molar-refractivity contribution in [2.75, 3.05) is 13.1 Å². The molecule has 1 aromatic heterocycles. The van der Waals surface area contributed by atoms with Crippen LogP contribution in [0.5, 0.6) is 0 Å². The van der Waals surface area contributed by atoms with Crippen molar-refractivity contribution in [2.45, 2.75) is 19.4 Å². The van der Waals surface area contributed by atoms with Crippen molar-refractivity contribution >= 4 is 11.8 Å². The highest BCUT2D eigenvalue weighted by molar-refractivity contribution is 6.04. The zero-order valence-electron chi connectivity index (χ0n) is 15.7. The summed E-state index contributed by atoms with van der Waals surface area (Å²) in [5, 5.41) is 2.72. The molecule has 0 spiro atoms. The lowest BCUT2D eigenvalue weighted by atomic mass is 10.0. The van der Waals surface area contributed by atoms with E-state index in [1.54, 1.807) is 41.3 Å².